The maximum Gasteiger partial charge on any atom is 0.381 e. The number of nitrogens with zero attached hydrogens (tertiary/aromatic N) is 2. The summed E-state index contributed by atoms with van der Waals surface area (Å²) in [5.41, 5.74) is 2.97. The summed E-state index contributed by atoms with van der Waals surface area (Å²) in [5, 5.41) is 0. The smallest absolute Gasteiger partial charge is 0.381 e. The monoisotopic (exact) mass is 578 g/mol. The molecule has 1 aliphatic carbocycles. The minimum Gasteiger partial charge on any atom is -0.444 e. The molecule has 1 aliphatic rings. The molecule has 0 aromatic carbocycles. The molecule has 0 bridgehead atoms. The van der Waals surface area contributed by atoms with E-state index in [9.17, 15) is 4.79 Å². The second-order valence-electron chi connectivity index (χ2n) is 10.6. The molecule has 1 heterocycles. The van der Waals surface area contributed by atoms with Crippen molar-refractivity contribution >= 4 is 24.5 Å². The molecule has 1 saturated carbocycles. The average Bonchev–Trinajstić information content (AvgIpc) is 3.36. The number of aromatic nitrogens is 2. The van der Waals surface area contributed by atoms with Crippen LogP contribution in [0.2, 0.25) is 0 Å². The molecule has 7 nitrogen and oxygen atoms in total. The van der Waals surface area contributed by atoms with Crippen molar-refractivity contribution in [3.63, 3.8) is 0 Å². The first-order chi connectivity index (χ1) is 18.1. The van der Waals surface area contributed by atoms with E-state index in [1.54, 1.807) is 6.07 Å². The molecule has 0 amide bonds. The van der Waals surface area contributed by atoms with Gasteiger partial charge in [0.2, 0.25) is 5.88 Å². The Morgan fingerprint density at radius 3 is 2.23 bits per heavy atom. The van der Waals surface area contributed by atoms with E-state index in [0.717, 1.165) is 23.5 Å². The molecule has 0 saturated heterocycles. The molecular weight excluding hydrogens is 531 g/mol. The van der Waals surface area contributed by atoms with E-state index in [1.807, 2.05) is 54.5 Å². The first-order valence-corrected chi connectivity index (χ1v) is 16.1. The van der Waals surface area contributed by atoms with Gasteiger partial charge in [-0.3, -0.25) is 13.8 Å². The van der Waals surface area contributed by atoms with Gasteiger partial charge in [-0.1, -0.05) is 58.3 Å². The zero-order valence-corrected chi connectivity index (χ0v) is 27.2. The van der Waals surface area contributed by atoms with Crippen LogP contribution in [0.3, 0.4) is 0 Å². The summed E-state index contributed by atoms with van der Waals surface area (Å²) in [5.74, 6) is 3.92. The molecule has 3 atom stereocenters. The number of terminal acetylenes is 1. The maximum absolute atomic E-state index is 12.3. The van der Waals surface area contributed by atoms with Gasteiger partial charge in [0, 0.05) is 29.5 Å². The fourth-order valence-corrected chi connectivity index (χ4v) is 6.06. The van der Waals surface area contributed by atoms with Crippen LogP contribution in [0.1, 0.15) is 93.1 Å². The van der Waals surface area contributed by atoms with Gasteiger partial charge >= 0.3 is 12.7 Å². The van der Waals surface area contributed by atoms with Crippen molar-refractivity contribution in [3.05, 3.63) is 40.9 Å². The highest BCUT2D eigenvalue weighted by Crippen LogP contribution is 2.60. The zero-order valence-electron chi connectivity index (χ0n) is 25.5. The van der Waals surface area contributed by atoms with Crippen LogP contribution in [0, 0.1) is 36.5 Å². The number of rotatable bonds is 12. The maximum atomic E-state index is 12.3. The summed E-state index contributed by atoms with van der Waals surface area (Å²) in [7, 11) is 0. The average molecular weight is 579 g/mol. The van der Waals surface area contributed by atoms with Gasteiger partial charge in [0.1, 0.15) is 5.82 Å². The lowest BCUT2D eigenvalue weighted by Gasteiger charge is -2.20. The van der Waals surface area contributed by atoms with Crippen LogP contribution in [0.25, 0.3) is 0 Å². The Hall–Kier alpha value is -2.04. The minimum atomic E-state index is -2.77. The molecule has 1 aromatic heterocycles. The Morgan fingerprint density at radius 2 is 1.77 bits per heavy atom. The third-order valence-electron chi connectivity index (χ3n) is 6.15. The number of allylic oxidation sites excluding steroid dienone is 3. The van der Waals surface area contributed by atoms with Gasteiger partial charge in [0.05, 0.1) is 19.1 Å². The molecule has 0 spiro atoms. The van der Waals surface area contributed by atoms with Crippen molar-refractivity contribution in [1.82, 2.24) is 9.97 Å². The Kier molecular flexibility index (Phi) is 14.1. The number of carbonyl (C=O) groups excluding carboxylic acids is 1. The van der Waals surface area contributed by atoms with Crippen LogP contribution < -0.4 is 4.52 Å². The Morgan fingerprint density at radius 1 is 1.18 bits per heavy atom. The lowest BCUT2D eigenvalue weighted by atomic mass is 10.1. The van der Waals surface area contributed by atoms with Crippen LogP contribution in [0.4, 0.5) is 0 Å². The first-order valence-electron chi connectivity index (χ1n) is 13.6. The molecule has 0 radical (unpaired) electrons. The molecular formula is C30H47N2O5PS. The fourth-order valence-electron chi connectivity index (χ4n) is 4.06. The summed E-state index contributed by atoms with van der Waals surface area (Å²) in [6, 6.07) is 1.74. The lowest BCUT2D eigenvalue weighted by molar-refractivity contribution is -0.147. The van der Waals surface area contributed by atoms with Gasteiger partial charge in [-0.25, -0.2) is 4.98 Å². The fraction of sp³-hybridized carbons (Fsp3) is 0.633. The van der Waals surface area contributed by atoms with E-state index < -0.39 is 12.8 Å². The topological polar surface area (TPSA) is 79.8 Å². The van der Waals surface area contributed by atoms with Gasteiger partial charge in [-0.2, -0.15) is 4.98 Å². The molecule has 1 fully saturated rings. The molecule has 2 unspecified atom stereocenters. The molecule has 0 N–H and O–H groups in total. The molecule has 0 aliphatic heterocycles. The predicted molar refractivity (Wildman–Crippen MR) is 162 cm³/mol. The van der Waals surface area contributed by atoms with Crippen LogP contribution in [0.15, 0.2) is 29.4 Å². The van der Waals surface area contributed by atoms with Crippen molar-refractivity contribution in [2.24, 2.45) is 17.3 Å². The van der Waals surface area contributed by atoms with Crippen LogP contribution in [-0.4, -0.2) is 35.3 Å². The minimum absolute atomic E-state index is 0.0319. The number of esters is 1. The van der Waals surface area contributed by atoms with Crippen LogP contribution >= 0.6 is 6.72 Å². The van der Waals surface area contributed by atoms with Gasteiger partial charge in [0.25, 0.3) is 0 Å². The van der Waals surface area contributed by atoms with E-state index in [4.69, 9.17) is 36.5 Å². The van der Waals surface area contributed by atoms with Gasteiger partial charge in [-0.15, -0.1) is 6.42 Å². The summed E-state index contributed by atoms with van der Waals surface area (Å²) in [4.78, 5) is 21.0. The summed E-state index contributed by atoms with van der Waals surface area (Å²) >= 11 is 5.32. The summed E-state index contributed by atoms with van der Waals surface area (Å²) < 4.78 is 22.1. The first kappa shape index (κ1) is 35.0. The van der Waals surface area contributed by atoms with E-state index in [0.29, 0.717) is 19.1 Å². The Labute approximate surface area is 241 Å². The summed E-state index contributed by atoms with van der Waals surface area (Å²) in [6.07, 6.45) is 9.99. The third kappa shape index (κ3) is 10.8. The highest BCUT2D eigenvalue weighted by Gasteiger charge is 2.61. The van der Waals surface area contributed by atoms with Crippen molar-refractivity contribution in [1.29, 1.82) is 0 Å². The van der Waals surface area contributed by atoms with Crippen LogP contribution in [-0.2, 0) is 30.4 Å². The second-order valence-corrected chi connectivity index (χ2v) is 13.6. The Balaban J connectivity index is 0.000000391. The lowest BCUT2D eigenvalue weighted by Crippen LogP contribution is -2.20. The molecule has 2 rings (SSSR count). The molecule has 39 heavy (non-hydrogen) atoms. The van der Waals surface area contributed by atoms with Gasteiger partial charge in [-0.05, 0) is 64.9 Å². The number of carbonyl (C=O) groups is 1. The van der Waals surface area contributed by atoms with Crippen molar-refractivity contribution in [2.75, 3.05) is 13.2 Å². The number of aryl methyl sites for hydroxylation is 1. The highest BCUT2D eigenvalue weighted by atomic mass is 32.5. The molecule has 9 heteroatoms. The van der Waals surface area contributed by atoms with Crippen molar-refractivity contribution in [3.8, 4) is 18.2 Å². The molecule has 218 valence electrons. The van der Waals surface area contributed by atoms with Crippen LogP contribution in [0.5, 0.6) is 5.88 Å². The Bertz CT molecular complexity index is 1110. The van der Waals surface area contributed by atoms with Gasteiger partial charge in [0.15, 0.2) is 6.10 Å². The highest BCUT2D eigenvalue weighted by molar-refractivity contribution is 8.07. The predicted octanol–water partition coefficient (Wildman–Crippen LogP) is 7.71. The zero-order chi connectivity index (χ0) is 30.0. The second kappa shape index (κ2) is 15.7. The number of hydrogen-bond donors (Lipinski definition) is 0. The largest absolute Gasteiger partial charge is 0.444 e. The van der Waals surface area contributed by atoms with Gasteiger partial charge < -0.3 is 9.26 Å². The molecule has 1 aromatic rings. The van der Waals surface area contributed by atoms with E-state index in [-0.39, 0.29) is 29.1 Å². The summed E-state index contributed by atoms with van der Waals surface area (Å²) in [6.45, 7) is 20.0. The van der Waals surface area contributed by atoms with E-state index in [1.165, 1.54) is 5.57 Å². The van der Waals surface area contributed by atoms with E-state index in [2.05, 4.69) is 49.7 Å². The quantitative estimate of drug-likeness (QED) is 0.108. The third-order valence-corrected chi connectivity index (χ3v) is 8.56. The SMILES string of the molecule is C#CC(OC(=O)[C@@H]1C(C=C(C)C)C1(C)C)/C(C)=C/CC.CCOP(=S)(OCC)Oc1cc(C)nc(C(C)C)n1. The number of hydrogen-bond acceptors (Lipinski definition) is 8. The van der Waals surface area contributed by atoms with Crippen molar-refractivity contribution < 1.29 is 23.1 Å². The standard InChI is InChI=1S/C18H26O2.C12H21N2O3PS/c1-8-10-13(5)15(9-2)20-17(19)16-14(11-12(3)4)18(16,6)7;1-6-15-18(19,16-7-2)17-11-8-10(5)13-12(14-11)9(3)4/h2,10-11,14-16H,8H2,1,3-7H3;8-9H,6-7H2,1-5H3/b13-10+;/t14?,15?,16-;/m0./s1. The van der Waals surface area contributed by atoms with Crippen molar-refractivity contribution in [2.45, 2.75) is 94.6 Å². The normalized spacial score (nSPS) is 18.8. The van der Waals surface area contributed by atoms with E-state index >= 15 is 0 Å². The number of ether oxygens (including phenoxy) is 1.